The summed E-state index contributed by atoms with van der Waals surface area (Å²) in [5.41, 5.74) is 0. The van der Waals surface area contributed by atoms with Gasteiger partial charge in [0.15, 0.2) is 0 Å². The van der Waals surface area contributed by atoms with Crippen LogP contribution >= 0.6 is 0 Å². The number of methoxy groups -OCH3 is 1. The molecule has 0 aromatic heterocycles. The van der Waals surface area contributed by atoms with Gasteiger partial charge in [0.1, 0.15) is 0 Å². The Morgan fingerprint density at radius 3 is 2.46 bits per heavy atom. The van der Waals surface area contributed by atoms with E-state index in [0.717, 1.165) is 6.92 Å². The molecule has 0 aliphatic heterocycles. The molecule has 1 aromatic carbocycles. The van der Waals surface area contributed by atoms with Gasteiger partial charge < -0.3 is 0 Å². The van der Waals surface area contributed by atoms with E-state index < -0.39 is 18.0 Å². The summed E-state index contributed by atoms with van der Waals surface area (Å²) in [5.74, 6) is 0.545. The van der Waals surface area contributed by atoms with E-state index in [-0.39, 0.29) is 4.46 Å². The fourth-order valence-electron chi connectivity index (χ4n) is 0.873. The molecule has 1 atom stereocenters. The third-order valence-electron chi connectivity index (χ3n) is 1.64. The molecule has 0 heterocycles. The molecule has 1 rings (SSSR count). The third-order valence-corrected chi connectivity index (χ3v) is 4.64. The Labute approximate surface area is 82.2 Å². The van der Waals surface area contributed by atoms with Gasteiger partial charge in [0.05, 0.1) is 0 Å². The minimum absolute atomic E-state index is 0.0274. The Hall–Kier alpha value is -0.861. The van der Waals surface area contributed by atoms with Gasteiger partial charge in [-0.25, -0.2) is 0 Å². The third kappa shape index (κ3) is 2.29. The van der Waals surface area contributed by atoms with Gasteiger partial charge in [-0.05, 0) is 0 Å². The summed E-state index contributed by atoms with van der Waals surface area (Å²) in [6.45, 7) is 1.05. The Morgan fingerprint density at radius 1 is 1.54 bits per heavy atom. The van der Waals surface area contributed by atoms with Gasteiger partial charge in [-0.15, -0.1) is 0 Å². The van der Waals surface area contributed by atoms with Gasteiger partial charge in [-0.1, -0.05) is 0 Å². The van der Waals surface area contributed by atoms with Crippen molar-refractivity contribution in [3.05, 3.63) is 24.3 Å². The molecule has 0 saturated heterocycles. The second kappa shape index (κ2) is 3.90. The normalized spacial score (nSPS) is 18.3. The van der Waals surface area contributed by atoms with Crippen LogP contribution in [0, 0.1) is 0 Å². The van der Waals surface area contributed by atoms with Crippen molar-refractivity contribution < 1.29 is 15.1 Å². The zero-order valence-electron chi connectivity index (χ0n) is 9.44. The first-order chi connectivity index (χ1) is 6.79. The molecule has 0 amide bonds. The summed E-state index contributed by atoms with van der Waals surface area (Å²) in [6, 6.07) is 5.73. The molecular weight excluding hydrogens is 236 g/mol. The summed E-state index contributed by atoms with van der Waals surface area (Å²) >= 11 is -4.73. The molecule has 0 aliphatic carbocycles. The first-order valence-corrected chi connectivity index (χ1v) is 6.79. The molecule has 0 bridgehead atoms. The number of hydrogen-bond donors (Lipinski definition) is 0. The van der Waals surface area contributed by atoms with Crippen molar-refractivity contribution in [1.82, 2.24) is 0 Å². The van der Waals surface area contributed by atoms with Crippen molar-refractivity contribution in [1.29, 1.82) is 0 Å². The van der Waals surface area contributed by atoms with Gasteiger partial charge in [-0.2, -0.15) is 0 Å². The molecule has 0 radical (unpaired) electrons. The molecule has 3 nitrogen and oxygen atoms in total. The Morgan fingerprint density at radius 2 is 2.08 bits per heavy atom. The zero-order chi connectivity index (χ0) is 11.7. The molecule has 0 spiro atoms. The molecule has 1 unspecified atom stereocenters. The minimum atomic E-state index is -4.73. The summed E-state index contributed by atoms with van der Waals surface area (Å²) in [7, 11) is 1.48. The van der Waals surface area contributed by atoms with Crippen LogP contribution in [0.1, 0.15) is 9.67 Å². The maximum atomic E-state index is 11.7. The molecule has 4 heteroatoms. The van der Waals surface area contributed by atoms with E-state index in [1.54, 1.807) is 0 Å². The van der Waals surface area contributed by atoms with Gasteiger partial charge in [0, 0.05) is 0 Å². The monoisotopic (exact) mass is 250 g/mol. The van der Waals surface area contributed by atoms with Crippen molar-refractivity contribution >= 4 is 17.2 Å². The average molecular weight is 249 g/mol. The van der Waals surface area contributed by atoms with E-state index in [4.69, 9.17) is 7.48 Å². The first kappa shape index (κ1) is 7.53. The standard InChI is InChI=1S/C9H12O3Se/c1-3-13(10,11)9-6-4-8(12-2)5-7-9/h4-7H,3H2,1-2H3/i3+1DH. The molecule has 13 heavy (non-hydrogen) atoms. The van der Waals surface area contributed by atoms with Crippen molar-refractivity contribution in [2.45, 2.75) is 12.2 Å². The van der Waals surface area contributed by atoms with E-state index in [2.05, 4.69) is 0 Å². The van der Waals surface area contributed by atoms with Crippen LogP contribution in [0.4, 0.5) is 0 Å². The Balaban J connectivity index is 3.18. The first-order valence-electron chi connectivity index (χ1n) is 4.68. The van der Waals surface area contributed by atoms with Gasteiger partial charge in [0.2, 0.25) is 0 Å². The molecular formula is C9H12O3Se. The predicted octanol–water partition coefficient (Wildman–Crippen LogP) is 1.23. The maximum absolute atomic E-state index is 11.7. The van der Waals surface area contributed by atoms with Crippen molar-refractivity contribution in [2.24, 2.45) is 0 Å². The van der Waals surface area contributed by atoms with Gasteiger partial charge in [-0.3, -0.25) is 0 Å². The summed E-state index contributed by atoms with van der Waals surface area (Å²) in [5, 5.41) is -2.20. The summed E-state index contributed by atoms with van der Waals surface area (Å²) in [6.07, 6.45) is 0. The van der Waals surface area contributed by atoms with Crippen LogP contribution in [0.15, 0.2) is 24.3 Å². The Kier molecular flexibility index (Phi) is 2.26. The van der Waals surface area contributed by atoms with Crippen LogP contribution in [-0.2, 0) is 7.67 Å². The summed E-state index contributed by atoms with van der Waals surface area (Å²) in [4.78, 5) is 0. The second-order valence-corrected chi connectivity index (χ2v) is 6.34. The van der Waals surface area contributed by atoms with Gasteiger partial charge in [0.25, 0.3) is 0 Å². The van der Waals surface area contributed by atoms with E-state index in [1.165, 1.54) is 31.4 Å². The SMILES string of the molecule is [1H][13C]([2H])(C)[Se](=O)(=O)c1ccc(OC)cc1. The average Bonchev–Trinajstić information content (AvgIpc) is 2.16. The second-order valence-electron chi connectivity index (χ2n) is 2.38. The molecule has 72 valence electrons. The number of ether oxygens (including phenoxy) is 1. The number of rotatable bonds is 3. The number of benzene rings is 1. The molecule has 0 fully saturated rings. The topological polar surface area (TPSA) is 43.4 Å². The number of hydrogen-bond acceptors (Lipinski definition) is 3. The van der Waals surface area contributed by atoms with Crippen LogP contribution in [0.3, 0.4) is 0 Å². The zero-order valence-corrected chi connectivity index (χ0v) is 9.16. The van der Waals surface area contributed by atoms with Gasteiger partial charge >= 0.3 is 81.6 Å². The quantitative estimate of drug-likeness (QED) is 0.597. The fourth-order valence-corrected chi connectivity index (χ4v) is 2.40. The van der Waals surface area contributed by atoms with Crippen molar-refractivity contribution in [3.8, 4) is 5.75 Å². The van der Waals surface area contributed by atoms with Crippen LogP contribution < -0.4 is 9.20 Å². The van der Waals surface area contributed by atoms with Crippen LogP contribution in [0.2, 0.25) is 5.27 Å². The van der Waals surface area contributed by atoms with Crippen molar-refractivity contribution in [2.75, 3.05) is 7.11 Å². The molecule has 0 saturated carbocycles. The summed E-state index contributed by atoms with van der Waals surface area (Å²) < 4.78 is 42.8. The Bertz CT molecular complexity index is 431. The predicted molar refractivity (Wildman–Crippen MR) is 50.2 cm³/mol. The fraction of sp³-hybridized carbons (Fsp3) is 0.333. The van der Waals surface area contributed by atoms with E-state index in [9.17, 15) is 7.67 Å². The molecule has 0 aliphatic rings. The van der Waals surface area contributed by atoms with E-state index in [0.29, 0.717) is 5.75 Å². The van der Waals surface area contributed by atoms with Crippen LogP contribution in [-0.4, -0.2) is 19.8 Å². The molecule has 0 N–H and O–H groups in total. The van der Waals surface area contributed by atoms with Crippen LogP contribution in [0.5, 0.6) is 5.75 Å². The van der Waals surface area contributed by atoms with Crippen LogP contribution in [0.25, 0.3) is 0 Å². The van der Waals surface area contributed by atoms with Crippen molar-refractivity contribution in [3.63, 3.8) is 0 Å². The van der Waals surface area contributed by atoms with E-state index >= 15 is 0 Å². The van der Waals surface area contributed by atoms with E-state index in [1.807, 2.05) is 0 Å². The molecule has 1 aromatic rings.